The van der Waals surface area contributed by atoms with Crippen LogP contribution < -0.4 is 4.74 Å². The third kappa shape index (κ3) is 4.64. The molecule has 0 saturated carbocycles. The molecule has 0 saturated heterocycles. The van der Waals surface area contributed by atoms with E-state index < -0.39 is 21.4 Å². The number of hydrogen-bond donors (Lipinski definition) is 0. The Bertz CT molecular complexity index is 867. The lowest BCUT2D eigenvalue weighted by Crippen LogP contribution is -2.20. The van der Waals surface area contributed by atoms with E-state index >= 15 is 0 Å². The van der Waals surface area contributed by atoms with Gasteiger partial charge in [0.25, 0.3) is 0 Å². The van der Waals surface area contributed by atoms with Crippen molar-refractivity contribution in [2.24, 2.45) is 0 Å². The largest absolute Gasteiger partial charge is 0.481 e. The van der Waals surface area contributed by atoms with E-state index in [4.69, 9.17) is 16.3 Å². The molecule has 0 spiro atoms. The smallest absolute Gasteiger partial charge is 0.217 e. The van der Waals surface area contributed by atoms with Crippen molar-refractivity contribution in [3.05, 3.63) is 44.4 Å². The lowest BCUT2D eigenvalue weighted by molar-refractivity contribution is -0.116. The number of aromatic nitrogens is 2. The molecular weight excluding hydrogens is 467 g/mol. The van der Waals surface area contributed by atoms with Gasteiger partial charge in [-0.3, -0.25) is 4.79 Å². The zero-order valence-corrected chi connectivity index (χ0v) is 16.6. The fourth-order valence-corrected chi connectivity index (χ4v) is 5.57. The fraction of sp³-hybridized carbons (Fsp3) is 0.267. The van der Waals surface area contributed by atoms with E-state index in [-0.39, 0.29) is 28.2 Å². The normalized spacial score (nSPS) is 11.3. The van der Waals surface area contributed by atoms with Gasteiger partial charge in [0.2, 0.25) is 5.88 Å². The zero-order chi connectivity index (χ0) is 17.9. The predicted octanol–water partition coefficient (Wildman–Crippen LogP) is 2.64. The van der Waals surface area contributed by atoms with Crippen molar-refractivity contribution in [3.8, 4) is 5.88 Å². The van der Waals surface area contributed by atoms with Crippen LogP contribution in [0.25, 0.3) is 0 Å². The number of rotatable bonds is 6. The second-order valence-electron chi connectivity index (χ2n) is 5.01. The predicted molar refractivity (Wildman–Crippen MR) is 98.3 cm³/mol. The van der Waals surface area contributed by atoms with Crippen molar-refractivity contribution < 1.29 is 17.9 Å². The van der Waals surface area contributed by atoms with E-state index in [1.807, 2.05) is 22.6 Å². The number of benzene rings is 1. The second kappa shape index (κ2) is 7.75. The van der Waals surface area contributed by atoms with Gasteiger partial charge in [0.15, 0.2) is 15.6 Å². The van der Waals surface area contributed by atoms with Crippen LogP contribution >= 0.6 is 34.2 Å². The van der Waals surface area contributed by atoms with E-state index in [0.29, 0.717) is 9.13 Å². The molecule has 6 nitrogen and oxygen atoms in total. The highest BCUT2D eigenvalue weighted by Crippen LogP contribution is 2.23. The standard InChI is InChI=1S/C15H14ClIN2O4S/c1-9-4-3-5-11(17)15(9)24(21,22)8-10(20)6-13-18-12(16)7-14(19-13)23-2/h3-5,7H,6,8H2,1-2H3. The highest BCUT2D eigenvalue weighted by molar-refractivity contribution is 14.1. The summed E-state index contributed by atoms with van der Waals surface area (Å²) in [4.78, 5) is 20.3. The Morgan fingerprint density at radius 3 is 2.67 bits per heavy atom. The van der Waals surface area contributed by atoms with E-state index in [9.17, 15) is 13.2 Å². The molecule has 0 unspecified atom stereocenters. The summed E-state index contributed by atoms with van der Waals surface area (Å²) in [5.74, 6) is -0.794. The van der Waals surface area contributed by atoms with Crippen LogP contribution in [0.15, 0.2) is 29.2 Å². The topological polar surface area (TPSA) is 86.2 Å². The van der Waals surface area contributed by atoms with Gasteiger partial charge in [0.05, 0.1) is 18.4 Å². The van der Waals surface area contributed by atoms with E-state index in [2.05, 4.69) is 9.97 Å². The number of nitrogens with zero attached hydrogens (tertiary/aromatic N) is 2. The molecule has 9 heteroatoms. The van der Waals surface area contributed by atoms with Gasteiger partial charge in [0, 0.05) is 9.64 Å². The maximum atomic E-state index is 12.5. The molecule has 1 heterocycles. The van der Waals surface area contributed by atoms with Crippen LogP contribution in [0.2, 0.25) is 5.15 Å². The van der Waals surface area contributed by atoms with Crippen molar-refractivity contribution in [1.82, 2.24) is 9.97 Å². The molecule has 2 rings (SSSR count). The van der Waals surface area contributed by atoms with Gasteiger partial charge in [-0.2, -0.15) is 4.98 Å². The number of sulfone groups is 1. The minimum Gasteiger partial charge on any atom is -0.481 e. The summed E-state index contributed by atoms with van der Waals surface area (Å²) in [6.07, 6.45) is -0.237. The van der Waals surface area contributed by atoms with Gasteiger partial charge in [-0.05, 0) is 41.1 Å². The summed E-state index contributed by atoms with van der Waals surface area (Å²) >= 11 is 7.77. The number of carbonyl (C=O) groups is 1. The Morgan fingerprint density at radius 2 is 2.04 bits per heavy atom. The van der Waals surface area contributed by atoms with Gasteiger partial charge in [0.1, 0.15) is 16.7 Å². The number of ketones is 1. The molecule has 0 amide bonds. The maximum Gasteiger partial charge on any atom is 0.217 e. The van der Waals surface area contributed by atoms with Crippen LogP contribution in [0.1, 0.15) is 11.4 Å². The van der Waals surface area contributed by atoms with Crippen LogP contribution in [0, 0.1) is 10.5 Å². The summed E-state index contributed by atoms with van der Waals surface area (Å²) in [7, 11) is -2.33. The third-order valence-corrected chi connectivity index (χ3v) is 6.43. The summed E-state index contributed by atoms with van der Waals surface area (Å²) in [6.45, 7) is 1.70. The first-order valence-electron chi connectivity index (χ1n) is 6.80. The van der Waals surface area contributed by atoms with E-state index in [1.54, 1.807) is 25.1 Å². The van der Waals surface area contributed by atoms with Crippen molar-refractivity contribution in [3.63, 3.8) is 0 Å². The van der Waals surface area contributed by atoms with Gasteiger partial charge < -0.3 is 4.74 Å². The Labute approximate surface area is 158 Å². The zero-order valence-electron chi connectivity index (χ0n) is 12.9. The first kappa shape index (κ1) is 19.1. The van der Waals surface area contributed by atoms with Gasteiger partial charge >= 0.3 is 0 Å². The van der Waals surface area contributed by atoms with Gasteiger partial charge in [-0.1, -0.05) is 23.7 Å². The molecule has 0 aliphatic rings. The Hall–Kier alpha value is -1.26. The van der Waals surface area contributed by atoms with Gasteiger partial charge in [-0.15, -0.1) is 0 Å². The summed E-state index contributed by atoms with van der Waals surface area (Å²) in [6, 6.07) is 6.56. The lowest BCUT2D eigenvalue weighted by atomic mass is 10.2. The average Bonchev–Trinajstić information content (AvgIpc) is 2.45. The third-order valence-electron chi connectivity index (χ3n) is 3.11. The van der Waals surface area contributed by atoms with Crippen LogP contribution in [0.4, 0.5) is 0 Å². The molecule has 0 atom stereocenters. The molecule has 0 N–H and O–H groups in total. The van der Waals surface area contributed by atoms with E-state index in [0.717, 1.165) is 0 Å². The number of hydrogen-bond acceptors (Lipinski definition) is 6. The molecule has 128 valence electrons. The number of ether oxygens (including phenoxy) is 1. The average molecular weight is 481 g/mol. The van der Waals surface area contributed by atoms with Crippen molar-refractivity contribution >= 4 is 49.8 Å². The second-order valence-corrected chi connectivity index (χ2v) is 8.49. The summed E-state index contributed by atoms with van der Waals surface area (Å²) < 4.78 is 30.6. The Kier molecular flexibility index (Phi) is 6.16. The summed E-state index contributed by atoms with van der Waals surface area (Å²) in [5.41, 5.74) is 0.607. The fourth-order valence-electron chi connectivity index (χ4n) is 2.15. The molecule has 24 heavy (non-hydrogen) atoms. The van der Waals surface area contributed by atoms with Crippen molar-refractivity contribution in [2.45, 2.75) is 18.2 Å². The number of Topliss-reactive ketones (excluding diaryl/α,β-unsaturated/α-hetero) is 1. The van der Waals surface area contributed by atoms with Crippen LogP contribution in [-0.2, 0) is 21.1 Å². The van der Waals surface area contributed by atoms with Crippen molar-refractivity contribution in [2.75, 3.05) is 12.9 Å². The number of carbonyl (C=O) groups excluding carboxylic acids is 1. The number of methoxy groups -OCH3 is 1. The highest BCUT2D eigenvalue weighted by atomic mass is 127. The monoisotopic (exact) mass is 480 g/mol. The quantitative estimate of drug-likeness (QED) is 0.467. The summed E-state index contributed by atoms with van der Waals surface area (Å²) in [5, 5.41) is 0.126. The maximum absolute atomic E-state index is 12.5. The molecule has 1 aromatic carbocycles. The van der Waals surface area contributed by atoms with Crippen LogP contribution in [0.5, 0.6) is 5.88 Å². The molecule has 2 aromatic rings. The highest BCUT2D eigenvalue weighted by Gasteiger charge is 2.24. The molecule has 0 aliphatic carbocycles. The first-order valence-corrected chi connectivity index (χ1v) is 9.91. The van der Waals surface area contributed by atoms with Crippen LogP contribution in [-0.4, -0.2) is 37.0 Å². The molecule has 0 bridgehead atoms. The molecule has 0 aliphatic heterocycles. The number of aryl methyl sites for hydroxylation is 1. The minimum absolute atomic E-state index is 0.124. The lowest BCUT2D eigenvalue weighted by Gasteiger charge is -2.09. The minimum atomic E-state index is -3.74. The molecular formula is C15H14ClIN2O4S. The molecule has 0 radical (unpaired) electrons. The molecule has 0 fully saturated rings. The SMILES string of the molecule is COc1cc(Cl)nc(CC(=O)CS(=O)(=O)c2c(C)cccc2I)n1. The Balaban J connectivity index is 2.22. The van der Waals surface area contributed by atoms with Gasteiger partial charge in [-0.25, -0.2) is 13.4 Å². The Morgan fingerprint density at radius 1 is 1.33 bits per heavy atom. The van der Waals surface area contributed by atoms with Crippen LogP contribution in [0.3, 0.4) is 0 Å². The molecule has 1 aromatic heterocycles. The van der Waals surface area contributed by atoms with E-state index in [1.165, 1.54) is 13.2 Å². The number of halogens is 2. The first-order chi connectivity index (χ1) is 11.2. The van der Waals surface area contributed by atoms with Crippen molar-refractivity contribution in [1.29, 1.82) is 0 Å².